The van der Waals surface area contributed by atoms with Gasteiger partial charge in [0.1, 0.15) is 5.82 Å². The Labute approximate surface area is 160 Å². The monoisotopic (exact) mass is 372 g/mol. The summed E-state index contributed by atoms with van der Waals surface area (Å²) in [5, 5.41) is 10.6. The van der Waals surface area contributed by atoms with E-state index >= 15 is 0 Å². The van der Waals surface area contributed by atoms with Gasteiger partial charge in [0.15, 0.2) is 0 Å². The number of hydrogen-bond acceptors (Lipinski definition) is 3. The topological polar surface area (TPSA) is 61.0 Å². The van der Waals surface area contributed by atoms with Crippen molar-refractivity contribution < 1.29 is 9.18 Å². The summed E-state index contributed by atoms with van der Waals surface area (Å²) in [6.45, 7) is 2.72. The zero-order chi connectivity index (χ0) is 19.1. The second-order valence-electron chi connectivity index (χ2n) is 7.38. The summed E-state index contributed by atoms with van der Waals surface area (Å²) >= 11 is 0. The molecule has 0 bridgehead atoms. The lowest BCUT2D eigenvalue weighted by Gasteiger charge is -2.26. The molecular formula is C21H29FN4O. The van der Waals surface area contributed by atoms with E-state index in [9.17, 15) is 9.18 Å². The van der Waals surface area contributed by atoms with Crippen molar-refractivity contribution in [3.05, 3.63) is 41.8 Å². The average molecular weight is 372 g/mol. The molecule has 1 aromatic heterocycles. The summed E-state index contributed by atoms with van der Waals surface area (Å²) in [6, 6.07) is 8.47. The van der Waals surface area contributed by atoms with E-state index in [1.165, 1.54) is 12.1 Å². The maximum absolute atomic E-state index is 13.3. The molecule has 1 aliphatic rings. The first kappa shape index (κ1) is 19.5. The fourth-order valence-corrected chi connectivity index (χ4v) is 3.62. The second-order valence-corrected chi connectivity index (χ2v) is 7.38. The van der Waals surface area contributed by atoms with Crippen LogP contribution in [0.15, 0.2) is 30.3 Å². The van der Waals surface area contributed by atoms with E-state index in [0.29, 0.717) is 5.91 Å². The van der Waals surface area contributed by atoms with Crippen LogP contribution in [0, 0.1) is 11.7 Å². The Balaban J connectivity index is 1.36. The molecule has 5 nitrogen and oxygen atoms in total. The van der Waals surface area contributed by atoms with Crippen LogP contribution in [0.4, 0.5) is 4.39 Å². The van der Waals surface area contributed by atoms with E-state index < -0.39 is 0 Å². The molecular weight excluding hydrogens is 343 g/mol. The number of nitrogens with one attached hydrogen (secondary N) is 2. The molecule has 6 heteroatoms. The van der Waals surface area contributed by atoms with Crippen molar-refractivity contribution in [3.8, 4) is 11.3 Å². The smallest absolute Gasteiger partial charge is 0.225 e. The number of aryl methyl sites for hydroxylation is 1. The highest BCUT2D eigenvalue weighted by molar-refractivity contribution is 5.78. The highest BCUT2D eigenvalue weighted by Gasteiger charge is 2.23. The van der Waals surface area contributed by atoms with Gasteiger partial charge in [0.05, 0.1) is 5.69 Å². The summed E-state index contributed by atoms with van der Waals surface area (Å²) in [5.74, 6) is 0.243. The second kappa shape index (κ2) is 9.65. The van der Waals surface area contributed by atoms with Gasteiger partial charge in [0.2, 0.25) is 5.91 Å². The number of unbranched alkanes of at least 4 members (excludes halogenated alkanes) is 2. The van der Waals surface area contributed by atoms with Crippen molar-refractivity contribution in [2.75, 3.05) is 26.7 Å². The minimum atomic E-state index is -0.250. The number of piperidine rings is 1. The first-order valence-corrected chi connectivity index (χ1v) is 9.89. The minimum absolute atomic E-state index is 0.197. The molecule has 0 unspecified atom stereocenters. The summed E-state index contributed by atoms with van der Waals surface area (Å²) in [4.78, 5) is 14.3. The number of rotatable bonds is 8. The van der Waals surface area contributed by atoms with Crippen molar-refractivity contribution in [1.29, 1.82) is 0 Å². The number of nitrogens with zero attached hydrogens (tertiary/aromatic N) is 2. The summed E-state index contributed by atoms with van der Waals surface area (Å²) in [6.07, 6.45) is 5.94. The maximum Gasteiger partial charge on any atom is 0.225 e. The Kier molecular flexibility index (Phi) is 6.98. The Bertz CT molecular complexity index is 739. The SMILES string of the molecule is CN(CCCCCc1cc(-c2cccc(F)c2)n[nH]1)C(=O)C1CCNCC1. The molecule has 0 spiro atoms. The Morgan fingerprint density at radius 3 is 2.81 bits per heavy atom. The summed E-state index contributed by atoms with van der Waals surface area (Å²) < 4.78 is 13.3. The number of aromatic nitrogens is 2. The van der Waals surface area contributed by atoms with Crippen LogP contribution in [0.25, 0.3) is 11.3 Å². The number of H-pyrrole nitrogens is 1. The highest BCUT2D eigenvalue weighted by Crippen LogP contribution is 2.19. The lowest BCUT2D eigenvalue weighted by Crippen LogP contribution is -2.39. The number of benzene rings is 1. The lowest BCUT2D eigenvalue weighted by atomic mass is 9.96. The molecule has 0 radical (unpaired) electrons. The lowest BCUT2D eigenvalue weighted by molar-refractivity contribution is -0.135. The normalized spacial score (nSPS) is 15.0. The molecule has 1 amide bonds. The number of aromatic amines is 1. The van der Waals surface area contributed by atoms with Crippen LogP contribution in [0.1, 0.15) is 37.8 Å². The van der Waals surface area contributed by atoms with Gasteiger partial charge < -0.3 is 10.2 Å². The van der Waals surface area contributed by atoms with Crippen molar-refractivity contribution in [3.63, 3.8) is 0 Å². The van der Waals surface area contributed by atoms with Gasteiger partial charge in [-0.2, -0.15) is 5.10 Å². The van der Waals surface area contributed by atoms with E-state index in [0.717, 1.165) is 75.1 Å². The molecule has 27 heavy (non-hydrogen) atoms. The van der Waals surface area contributed by atoms with Crippen molar-refractivity contribution in [1.82, 2.24) is 20.4 Å². The van der Waals surface area contributed by atoms with Crippen LogP contribution in [0.5, 0.6) is 0 Å². The van der Waals surface area contributed by atoms with Crippen LogP contribution in [0.3, 0.4) is 0 Å². The molecule has 0 atom stereocenters. The van der Waals surface area contributed by atoms with E-state index in [1.54, 1.807) is 6.07 Å². The van der Waals surface area contributed by atoms with Gasteiger partial charge in [0, 0.05) is 30.8 Å². The first-order chi connectivity index (χ1) is 13.1. The van der Waals surface area contributed by atoms with Crippen molar-refractivity contribution >= 4 is 5.91 Å². The van der Waals surface area contributed by atoms with Crippen LogP contribution in [-0.4, -0.2) is 47.7 Å². The van der Waals surface area contributed by atoms with Gasteiger partial charge >= 0.3 is 0 Å². The molecule has 1 saturated heterocycles. The molecule has 2 N–H and O–H groups in total. The van der Waals surface area contributed by atoms with Gasteiger partial charge in [-0.05, 0) is 63.4 Å². The first-order valence-electron chi connectivity index (χ1n) is 9.89. The third-order valence-electron chi connectivity index (χ3n) is 5.26. The quantitative estimate of drug-likeness (QED) is 0.699. The number of carbonyl (C=O) groups is 1. The van der Waals surface area contributed by atoms with E-state index in [-0.39, 0.29) is 11.7 Å². The average Bonchev–Trinajstić information content (AvgIpc) is 3.16. The van der Waals surface area contributed by atoms with Crippen molar-refractivity contribution in [2.24, 2.45) is 5.92 Å². The highest BCUT2D eigenvalue weighted by atomic mass is 19.1. The van der Waals surface area contributed by atoms with Gasteiger partial charge in [0.25, 0.3) is 0 Å². The third-order valence-corrected chi connectivity index (χ3v) is 5.26. The van der Waals surface area contributed by atoms with Gasteiger partial charge in [-0.1, -0.05) is 18.6 Å². The molecule has 3 rings (SSSR count). The van der Waals surface area contributed by atoms with Gasteiger partial charge in [-0.25, -0.2) is 4.39 Å². The van der Waals surface area contributed by atoms with Crippen LogP contribution >= 0.6 is 0 Å². The zero-order valence-electron chi connectivity index (χ0n) is 16.0. The summed E-state index contributed by atoms with van der Waals surface area (Å²) in [5.41, 5.74) is 2.63. The Morgan fingerprint density at radius 1 is 1.22 bits per heavy atom. The Hall–Kier alpha value is -2.21. The maximum atomic E-state index is 13.3. The molecule has 0 aliphatic carbocycles. The van der Waals surface area contributed by atoms with Crippen molar-refractivity contribution in [2.45, 2.75) is 38.5 Å². The van der Waals surface area contributed by atoms with Gasteiger partial charge in [-0.3, -0.25) is 9.89 Å². The van der Waals surface area contributed by atoms with E-state index in [1.807, 2.05) is 24.1 Å². The predicted octanol–water partition coefficient (Wildman–Crippen LogP) is 3.39. The molecule has 1 aromatic carbocycles. The van der Waals surface area contributed by atoms with Crippen LogP contribution in [-0.2, 0) is 11.2 Å². The third kappa shape index (κ3) is 5.63. The zero-order valence-corrected chi connectivity index (χ0v) is 16.0. The largest absolute Gasteiger partial charge is 0.346 e. The predicted molar refractivity (Wildman–Crippen MR) is 105 cm³/mol. The molecule has 146 valence electrons. The minimum Gasteiger partial charge on any atom is -0.346 e. The van der Waals surface area contributed by atoms with E-state index in [2.05, 4.69) is 15.5 Å². The van der Waals surface area contributed by atoms with Crippen LogP contribution in [0.2, 0.25) is 0 Å². The summed E-state index contributed by atoms with van der Waals surface area (Å²) in [7, 11) is 1.92. The van der Waals surface area contributed by atoms with E-state index in [4.69, 9.17) is 0 Å². The van der Waals surface area contributed by atoms with Crippen LogP contribution < -0.4 is 5.32 Å². The molecule has 2 heterocycles. The number of halogens is 1. The fourth-order valence-electron chi connectivity index (χ4n) is 3.62. The molecule has 1 aliphatic heterocycles. The molecule has 0 saturated carbocycles. The Morgan fingerprint density at radius 2 is 2.04 bits per heavy atom. The number of hydrogen-bond donors (Lipinski definition) is 2. The number of amides is 1. The fraction of sp³-hybridized carbons (Fsp3) is 0.524. The van der Waals surface area contributed by atoms with Gasteiger partial charge in [-0.15, -0.1) is 0 Å². The standard InChI is InChI=1S/C21H29FN4O/c1-26(21(27)16-9-11-23-12-10-16)13-4-2-3-8-19-15-20(25-24-19)17-6-5-7-18(22)14-17/h5-7,14-16,23H,2-4,8-13H2,1H3,(H,24,25). The molecule has 2 aromatic rings. The molecule has 1 fully saturated rings. The number of carbonyl (C=O) groups excluding carboxylic acids is 1.